The van der Waals surface area contributed by atoms with Gasteiger partial charge in [-0.1, -0.05) is 0 Å². The van der Waals surface area contributed by atoms with Gasteiger partial charge < -0.3 is 10.6 Å². The number of nitrogen functional groups attached to an aromatic ring is 1. The van der Waals surface area contributed by atoms with E-state index in [0.29, 0.717) is 17.2 Å². The molecule has 1 unspecified atom stereocenters. The number of aryl methyl sites for hydroxylation is 2. The molecule has 114 valence electrons. The van der Waals surface area contributed by atoms with Crippen LogP contribution in [0.4, 0.5) is 5.82 Å². The monoisotopic (exact) mass is 297 g/mol. The van der Waals surface area contributed by atoms with Crippen molar-refractivity contribution in [3.63, 3.8) is 0 Å². The first kappa shape index (κ1) is 14.4. The standard InChI is InChI=1S/C16H19N5O/c1-10-6-12(9-18-8-10)16(22)21-5-3-4-14(21)13-7-15(17)20-11(2)19-13/h6-9,14H,3-5H2,1-2H3,(H2,17,19,20). The molecule has 1 fully saturated rings. The third-order valence-electron chi connectivity index (χ3n) is 3.85. The first-order valence-electron chi connectivity index (χ1n) is 7.38. The Kier molecular flexibility index (Phi) is 3.75. The Labute approximate surface area is 129 Å². The minimum Gasteiger partial charge on any atom is -0.384 e. The summed E-state index contributed by atoms with van der Waals surface area (Å²) in [4.78, 5) is 27.3. The lowest BCUT2D eigenvalue weighted by atomic mass is 10.1. The van der Waals surface area contributed by atoms with E-state index in [0.717, 1.165) is 30.6 Å². The van der Waals surface area contributed by atoms with E-state index in [4.69, 9.17) is 5.73 Å². The summed E-state index contributed by atoms with van der Waals surface area (Å²) in [5.74, 6) is 1.07. The summed E-state index contributed by atoms with van der Waals surface area (Å²) < 4.78 is 0. The maximum Gasteiger partial charge on any atom is 0.255 e. The van der Waals surface area contributed by atoms with Gasteiger partial charge >= 0.3 is 0 Å². The lowest BCUT2D eigenvalue weighted by Gasteiger charge is -2.24. The van der Waals surface area contributed by atoms with Crippen LogP contribution in [0.1, 0.15) is 46.3 Å². The molecule has 0 radical (unpaired) electrons. The van der Waals surface area contributed by atoms with Crippen molar-refractivity contribution < 1.29 is 4.79 Å². The van der Waals surface area contributed by atoms with Gasteiger partial charge in [-0.15, -0.1) is 0 Å². The van der Waals surface area contributed by atoms with Crippen LogP contribution in [-0.4, -0.2) is 32.3 Å². The predicted octanol–water partition coefficient (Wildman–Crippen LogP) is 2.05. The number of likely N-dealkylation sites (tertiary alicyclic amines) is 1. The summed E-state index contributed by atoms with van der Waals surface area (Å²) in [6.45, 7) is 4.46. The molecule has 1 amide bonds. The van der Waals surface area contributed by atoms with E-state index in [-0.39, 0.29) is 11.9 Å². The zero-order valence-corrected chi connectivity index (χ0v) is 12.8. The second kappa shape index (κ2) is 5.71. The maximum absolute atomic E-state index is 12.8. The van der Waals surface area contributed by atoms with Crippen molar-refractivity contribution in [2.45, 2.75) is 32.7 Å². The van der Waals surface area contributed by atoms with E-state index >= 15 is 0 Å². The van der Waals surface area contributed by atoms with Crippen molar-refractivity contribution in [3.05, 3.63) is 47.2 Å². The van der Waals surface area contributed by atoms with Gasteiger partial charge in [0.1, 0.15) is 11.6 Å². The number of nitrogens with two attached hydrogens (primary N) is 1. The lowest BCUT2D eigenvalue weighted by Crippen LogP contribution is -2.31. The Hall–Kier alpha value is -2.50. The average Bonchev–Trinajstić information content (AvgIpc) is 2.95. The minimum atomic E-state index is -0.0444. The molecule has 0 aliphatic carbocycles. The van der Waals surface area contributed by atoms with Gasteiger partial charge in [0, 0.05) is 25.0 Å². The van der Waals surface area contributed by atoms with Crippen LogP contribution >= 0.6 is 0 Å². The quantitative estimate of drug-likeness (QED) is 0.917. The highest BCUT2D eigenvalue weighted by molar-refractivity contribution is 5.94. The van der Waals surface area contributed by atoms with Gasteiger partial charge in [0.25, 0.3) is 5.91 Å². The third kappa shape index (κ3) is 2.77. The van der Waals surface area contributed by atoms with Crippen LogP contribution in [0, 0.1) is 13.8 Å². The molecule has 3 rings (SSSR count). The normalized spacial score (nSPS) is 17.7. The largest absolute Gasteiger partial charge is 0.384 e. The molecule has 2 aromatic rings. The van der Waals surface area contributed by atoms with Crippen molar-refractivity contribution in [1.29, 1.82) is 0 Å². The molecular weight excluding hydrogens is 278 g/mol. The number of carbonyl (C=O) groups excluding carboxylic acids is 1. The minimum absolute atomic E-state index is 0.00598. The lowest BCUT2D eigenvalue weighted by molar-refractivity contribution is 0.0732. The van der Waals surface area contributed by atoms with Crippen molar-refractivity contribution in [2.75, 3.05) is 12.3 Å². The highest BCUT2D eigenvalue weighted by atomic mass is 16.2. The molecule has 0 bridgehead atoms. The molecule has 0 saturated carbocycles. The summed E-state index contributed by atoms with van der Waals surface area (Å²) in [6.07, 6.45) is 5.20. The predicted molar refractivity (Wildman–Crippen MR) is 83.2 cm³/mol. The van der Waals surface area contributed by atoms with Crippen LogP contribution in [-0.2, 0) is 0 Å². The van der Waals surface area contributed by atoms with Crippen LogP contribution in [0.2, 0.25) is 0 Å². The summed E-state index contributed by atoms with van der Waals surface area (Å²) in [6, 6.07) is 3.58. The first-order valence-corrected chi connectivity index (χ1v) is 7.38. The van der Waals surface area contributed by atoms with E-state index in [1.54, 1.807) is 18.5 Å². The SMILES string of the molecule is Cc1cncc(C(=O)N2CCCC2c2cc(N)nc(C)n2)c1. The molecule has 1 saturated heterocycles. The number of carbonyl (C=O) groups is 1. The molecule has 1 aliphatic rings. The molecule has 6 heteroatoms. The second-order valence-electron chi connectivity index (χ2n) is 5.67. The van der Waals surface area contributed by atoms with Crippen LogP contribution < -0.4 is 5.73 Å². The molecule has 6 nitrogen and oxygen atoms in total. The van der Waals surface area contributed by atoms with Gasteiger partial charge in [-0.2, -0.15) is 0 Å². The fourth-order valence-electron chi connectivity index (χ4n) is 2.94. The number of hydrogen-bond acceptors (Lipinski definition) is 5. The van der Waals surface area contributed by atoms with Crippen molar-refractivity contribution >= 4 is 11.7 Å². The van der Waals surface area contributed by atoms with E-state index < -0.39 is 0 Å². The number of amides is 1. The zero-order valence-electron chi connectivity index (χ0n) is 12.8. The number of rotatable bonds is 2. The van der Waals surface area contributed by atoms with Crippen LogP contribution in [0.25, 0.3) is 0 Å². The van der Waals surface area contributed by atoms with Crippen molar-refractivity contribution in [1.82, 2.24) is 19.9 Å². The molecule has 2 aromatic heterocycles. The van der Waals surface area contributed by atoms with Gasteiger partial charge in [-0.25, -0.2) is 9.97 Å². The molecule has 3 heterocycles. The fourth-order valence-corrected chi connectivity index (χ4v) is 2.94. The van der Waals surface area contributed by atoms with Crippen LogP contribution in [0.5, 0.6) is 0 Å². The Morgan fingerprint density at radius 1 is 1.27 bits per heavy atom. The number of nitrogens with zero attached hydrogens (tertiary/aromatic N) is 4. The van der Waals surface area contributed by atoms with Crippen molar-refractivity contribution in [2.24, 2.45) is 0 Å². The Bertz CT molecular complexity index is 695. The summed E-state index contributed by atoms with van der Waals surface area (Å²) >= 11 is 0. The highest BCUT2D eigenvalue weighted by Gasteiger charge is 2.32. The van der Waals surface area contributed by atoms with Gasteiger partial charge in [0.2, 0.25) is 0 Å². The molecule has 1 atom stereocenters. The van der Waals surface area contributed by atoms with Gasteiger partial charge in [-0.05, 0) is 38.3 Å². The summed E-state index contributed by atoms with van der Waals surface area (Å²) in [5.41, 5.74) is 8.22. The molecule has 2 N–H and O–H groups in total. The fraction of sp³-hybridized carbons (Fsp3) is 0.375. The van der Waals surface area contributed by atoms with Gasteiger partial charge in [-0.3, -0.25) is 9.78 Å². The van der Waals surface area contributed by atoms with E-state index in [9.17, 15) is 4.79 Å². The second-order valence-corrected chi connectivity index (χ2v) is 5.67. The van der Waals surface area contributed by atoms with Gasteiger partial charge in [0.05, 0.1) is 17.3 Å². The van der Waals surface area contributed by atoms with Gasteiger partial charge in [0.15, 0.2) is 0 Å². The maximum atomic E-state index is 12.8. The topological polar surface area (TPSA) is 85.0 Å². The molecule has 0 aromatic carbocycles. The molecular formula is C16H19N5O. The number of hydrogen-bond donors (Lipinski definition) is 1. The molecule has 0 spiro atoms. The Morgan fingerprint density at radius 2 is 2.09 bits per heavy atom. The number of pyridine rings is 1. The summed E-state index contributed by atoms with van der Waals surface area (Å²) in [5, 5.41) is 0. The van der Waals surface area contributed by atoms with Crippen LogP contribution in [0.15, 0.2) is 24.5 Å². The van der Waals surface area contributed by atoms with E-state index in [1.165, 1.54) is 0 Å². The van der Waals surface area contributed by atoms with E-state index in [1.807, 2.05) is 24.8 Å². The zero-order chi connectivity index (χ0) is 15.7. The Balaban J connectivity index is 1.91. The number of anilines is 1. The Morgan fingerprint density at radius 3 is 2.82 bits per heavy atom. The first-order chi connectivity index (χ1) is 10.5. The van der Waals surface area contributed by atoms with E-state index in [2.05, 4.69) is 15.0 Å². The number of aromatic nitrogens is 3. The molecule has 1 aliphatic heterocycles. The summed E-state index contributed by atoms with van der Waals surface area (Å²) in [7, 11) is 0. The third-order valence-corrected chi connectivity index (χ3v) is 3.85. The van der Waals surface area contributed by atoms with Crippen molar-refractivity contribution in [3.8, 4) is 0 Å². The average molecular weight is 297 g/mol. The highest BCUT2D eigenvalue weighted by Crippen LogP contribution is 2.32. The van der Waals surface area contributed by atoms with Crippen LogP contribution in [0.3, 0.4) is 0 Å². The smallest absolute Gasteiger partial charge is 0.255 e. The molecule has 22 heavy (non-hydrogen) atoms.